The molecule has 0 aliphatic carbocycles. The quantitative estimate of drug-likeness (QED) is 0.272. The first-order valence-electron chi connectivity index (χ1n) is 3.12. The van der Waals surface area contributed by atoms with E-state index in [-0.39, 0.29) is 4.81 Å². The van der Waals surface area contributed by atoms with Crippen LogP contribution in [0.1, 0.15) is 13.8 Å². The van der Waals surface area contributed by atoms with Crippen LogP contribution in [0.15, 0.2) is 0 Å². The van der Waals surface area contributed by atoms with E-state index in [2.05, 4.69) is 10.9 Å². The number of hydrogen-bond acceptors (Lipinski definition) is 3. The van der Waals surface area contributed by atoms with E-state index in [0.717, 1.165) is 0 Å². The molecule has 0 fully saturated rings. The summed E-state index contributed by atoms with van der Waals surface area (Å²) < 4.78 is 0. The molecule has 9 heavy (non-hydrogen) atoms. The summed E-state index contributed by atoms with van der Waals surface area (Å²) in [6.07, 6.45) is 0. The highest BCUT2D eigenvalue weighted by molar-refractivity contribution is 4.30. The zero-order chi connectivity index (χ0) is 7.49. The highest BCUT2D eigenvalue weighted by atomic mass is 16.0. The zero-order valence-corrected chi connectivity index (χ0v) is 6.60. The van der Waals surface area contributed by atoms with Crippen molar-refractivity contribution in [1.29, 1.82) is 0 Å². The van der Waals surface area contributed by atoms with Crippen molar-refractivity contribution in [2.75, 3.05) is 14.1 Å². The number of rotatable bonds is 3. The summed E-state index contributed by atoms with van der Waals surface area (Å²) in [5.41, 5.74) is 5.86. The summed E-state index contributed by atoms with van der Waals surface area (Å²) in [5, 5.41) is 0. The fourth-order valence-corrected chi connectivity index (χ4v) is 0.628. The number of nitrogens with one attached hydrogen (secondary N) is 2. The van der Waals surface area contributed by atoms with E-state index in [1.165, 1.54) is 0 Å². The molecule has 0 radical (unpaired) electrons. The molecule has 0 aromatic carbocycles. The molecule has 0 aliphatic rings. The van der Waals surface area contributed by atoms with Crippen molar-refractivity contribution in [1.82, 2.24) is 10.9 Å². The van der Waals surface area contributed by atoms with Gasteiger partial charge in [0.2, 0.25) is 0 Å². The first-order chi connectivity index (χ1) is 4.06. The van der Waals surface area contributed by atoms with Gasteiger partial charge in [-0.25, -0.2) is 0 Å². The number of quaternary nitrogens is 1. The van der Waals surface area contributed by atoms with Crippen LogP contribution in [-0.4, -0.2) is 24.9 Å². The Bertz CT molecular complexity index is 77.0. The third kappa shape index (κ3) is 1.91. The molecule has 56 valence electrons. The SMILES string of the molecule is CN[N+](N)(NC)C(C)C. The Morgan fingerprint density at radius 2 is 1.56 bits per heavy atom. The van der Waals surface area contributed by atoms with Crippen LogP contribution in [0.4, 0.5) is 0 Å². The maximum atomic E-state index is 5.75. The molecular formula is C5H17N4+. The lowest BCUT2D eigenvalue weighted by atomic mass is 10.4. The van der Waals surface area contributed by atoms with E-state index in [4.69, 9.17) is 5.84 Å². The lowest BCUT2D eigenvalue weighted by Gasteiger charge is -2.32. The number of nitrogens with two attached hydrogens (primary N) is 1. The maximum absolute atomic E-state index is 5.75. The second kappa shape index (κ2) is 3.12. The molecule has 0 amide bonds. The first-order valence-corrected chi connectivity index (χ1v) is 3.12. The van der Waals surface area contributed by atoms with Crippen LogP contribution < -0.4 is 16.7 Å². The van der Waals surface area contributed by atoms with Gasteiger partial charge in [-0.15, -0.1) is 16.7 Å². The van der Waals surface area contributed by atoms with Gasteiger partial charge in [-0.3, -0.25) is 0 Å². The van der Waals surface area contributed by atoms with Gasteiger partial charge in [0.1, 0.15) is 6.04 Å². The molecule has 0 aliphatic heterocycles. The molecule has 0 saturated carbocycles. The average molecular weight is 133 g/mol. The molecule has 0 aromatic heterocycles. The molecule has 4 N–H and O–H groups in total. The predicted molar refractivity (Wildman–Crippen MR) is 37.7 cm³/mol. The van der Waals surface area contributed by atoms with Crippen molar-refractivity contribution in [3.63, 3.8) is 0 Å². The highest BCUT2D eigenvalue weighted by Crippen LogP contribution is 1.93. The van der Waals surface area contributed by atoms with Gasteiger partial charge in [0.05, 0.1) is 0 Å². The van der Waals surface area contributed by atoms with Gasteiger partial charge >= 0.3 is 0 Å². The minimum absolute atomic E-state index is 0.194. The number of hydrogen-bond donors (Lipinski definition) is 3. The summed E-state index contributed by atoms with van der Waals surface area (Å²) in [7, 11) is 3.63. The standard InChI is InChI=1S/C5H17N4/c1-5(2)9(6,7-3)8-4/h5,7-8H,6H2,1-4H3/q+1. The van der Waals surface area contributed by atoms with Gasteiger partial charge in [0, 0.05) is 14.1 Å². The summed E-state index contributed by atoms with van der Waals surface area (Å²) in [6, 6.07) is 0.319. The summed E-state index contributed by atoms with van der Waals surface area (Å²) in [5.74, 6) is 5.75. The Hall–Kier alpha value is -0.160. The fourth-order valence-electron chi connectivity index (χ4n) is 0.628. The van der Waals surface area contributed by atoms with Crippen LogP contribution in [0.3, 0.4) is 0 Å². The molecule has 4 nitrogen and oxygen atoms in total. The Morgan fingerprint density at radius 3 is 1.56 bits per heavy atom. The molecule has 4 heteroatoms. The third-order valence-corrected chi connectivity index (χ3v) is 1.55. The van der Waals surface area contributed by atoms with Gasteiger partial charge in [-0.2, -0.15) is 0 Å². The molecule has 0 heterocycles. The summed E-state index contributed by atoms with van der Waals surface area (Å²) in [4.78, 5) is 0.194. The van der Waals surface area contributed by atoms with Gasteiger partial charge < -0.3 is 0 Å². The van der Waals surface area contributed by atoms with Crippen LogP contribution >= 0.6 is 0 Å². The minimum atomic E-state index is 0.194. The van der Waals surface area contributed by atoms with Crippen LogP contribution in [0.2, 0.25) is 0 Å². The second-order valence-electron chi connectivity index (χ2n) is 2.32. The minimum Gasteiger partial charge on any atom is -0.141 e. The van der Waals surface area contributed by atoms with Crippen molar-refractivity contribution in [2.24, 2.45) is 5.84 Å². The zero-order valence-electron chi connectivity index (χ0n) is 6.60. The first kappa shape index (κ1) is 8.84. The van der Waals surface area contributed by atoms with Gasteiger partial charge in [-0.05, 0) is 13.8 Å². The van der Waals surface area contributed by atoms with Gasteiger partial charge in [0.25, 0.3) is 0 Å². The second-order valence-corrected chi connectivity index (χ2v) is 2.32. The van der Waals surface area contributed by atoms with E-state index in [1.807, 2.05) is 27.9 Å². The lowest BCUT2D eigenvalue weighted by Crippen LogP contribution is -2.72. The van der Waals surface area contributed by atoms with E-state index >= 15 is 0 Å². The molecule has 0 saturated heterocycles. The van der Waals surface area contributed by atoms with Crippen LogP contribution in [0.5, 0.6) is 0 Å². The molecule has 0 spiro atoms. The Labute approximate surface area is 56.5 Å². The van der Waals surface area contributed by atoms with E-state index in [1.54, 1.807) is 0 Å². The molecule has 0 aromatic rings. The van der Waals surface area contributed by atoms with E-state index in [0.29, 0.717) is 6.04 Å². The smallest absolute Gasteiger partial charge is 0.139 e. The van der Waals surface area contributed by atoms with Crippen molar-refractivity contribution in [3.8, 4) is 0 Å². The summed E-state index contributed by atoms with van der Waals surface area (Å²) in [6.45, 7) is 4.07. The van der Waals surface area contributed by atoms with Crippen LogP contribution in [0.25, 0.3) is 0 Å². The normalized spacial score (nSPS) is 12.7. The van der Waals surface area contributed by atoms with Crippen molar-refractivity contribution in [2.45, 2.75) is 19.9 Å². The van der Waals surface area contributed by atoms with Crippen molar-refractivity contribution < 1.29 is 4.81 Å². The molecule has 0 bridgehead atoms. The Kier molecular flexibility index (Phi) is 3.07. The molecule has 0 rings (SSSR count). The molecule has 0 unspecified atom stereocenters. The molecular weight excluding hydrogens is 116 g/mol. The lowest BCUT2D eigenvalue weighted by molar-refractivity contribution is -1.03. The predicted octanol–water partition coefficient (Wildman–Crippen LogP) is -0.646. The van der Waals surface area contributed by atoms with Crippen LogP contribution in [0, 0.1) is 0 Å². The van der Waals surface area contributed by atoms with Crippen LogP contribution in [-0.2, 0) is 0 Å². The highest BCUT2D eigenvalue weighted by Gasteiger charge is 2.23. The summed E-state index contributed by atoms with van der Waals surface area (Å²) >= 11 is 0. The Morgan fingerprint density at radius 1 is 1.22 bits per heavy atom. The van der Waals surface area contributed by atoms with Gasteiger partial charge in [0.15, 0.2) is 0 Å². The fraction of sp³-hybridized carbons (Fsp3) is 1.00. The molecule has 0 atom stereocenters. The Balaban J connectivity index is 3.92. The topological polar surface area (TPSA) is 50.1 Å². The monoisotopic (exact) mass is 133 g/mol. The maximum Gasteiger partial charge on any atom is 0.139 e. The van der Waals surface area contributed by atoms with Crippen molar-refractivity contribution in [3.05, 3.63) is 0 Å². The average Bonchev–Trinajstić information content (AvgIpc) is 1.86. The van der Waals surface area contributed by atoms with E-state index < -0.39 is 0 Å². The largest absolute Gasteiger partial charge is 0.141 e. The number of nitrogens with zero attached hydrogens (tertiary/aromatic N) is 1. The third-order valence-electron chi connectivity index (χ3n) is 1.55. The van der Waals surface area contributed by atoms with Gasteiger partial charge in [-0.1, -0.05) is 4.81 Å². The van der Waals surface area contributed by atoms with E-state index in [9.17, 15) is 0 Å². The van der Waals surface area contributed by atoms with Crippen molar-refractivity contribution >= 4 is 0 Å².